The lowest BCUT2D eigenvalue weighted by atomic mass is 10.1. The lowest BCUT2D eigenvalue weighted by Gasteiger charge is -2.09. The van der Waals surface area contributed by atoms with Crippen LogP contribution in [0.15, 0.2) is 42.5 Å². The minimum atomic E-state index is -0.416. The Hall–Kier alpha value is -2.21. The summed E-state index contributed by atoms with van der Waals surface area (Å²) in [6.45, 7) is 0. The first-order valence-electron chi connectivity index (χ1n) is 6.51. The largest absolute Gasteiger partial charge is 0.373 e. The molecule has 0 aliphatic carbocycles. The summed E-state index contributed by atoms with van der Waals surface area (Å²) in [6, 6.07) is 11.0. The zero-order valence-corrected chi connectivity index (χ0v) is 12.0. The summed E-state index contributed by atoms with van der Waals surface area (Å²) in [6.07, 6.45) is 0.855. The molecular weight excluding hydrogens is 289 g/mol. The number of carbonyl (C=O) groups excluding carboxylic acids is 1. The zero-order valence-electron chi connectivity index (χ0n) is 11.1. The Morgan fingerprint density at radius 3 is 2.71 bits per heavy atom. The summed E-state index contributed by atoms with van der Waals surface area (Å²) in [5, 5.41) is 8.62. The number of carbonyl (C=O) groups is 1. The number of amides is 2. The molecule has 3 N–H and O–H groups in total. The molecule has 0 aromatic heterocycles. The van der Waals surface area contributed by atoms with Crippen molar-refractivity contribution in [3.05, 3.63) is 53.8 Å². The first-order chi connectivity index (χ1) is 10.1. The lowest BCUT2D eigenvalue weighted by molar-refractivity contribution is 0.262. The van der Waals surface area contributed by atoms with E-state index < -0.39 is 11.8 Å². The summed E-state index contributed by atoms with van der Waals surface area (Å²) in [4.78, 5) is 11.9. The molecule has 108 valence electrons. The minimum absolute atomic E-state index is 0.108. The third-order valence-corrected chi connectivity index (χ3v) is 3.50. The van der Waals surface area contributed by atoms with E-state index in [0.29, 0.717) is 11.4 Å². The molecule has 1 aliphatic heterocycles. The average molecular weight is 303 g/mol. The number of nitrogens with one attached hydrogen (secondary N) is 3. The van der Waals surface area contributed by atoms with Crippen LogP contribution < -0.4 is 16.0 Å². The fraction of sp³-hybridized carbons (Fsp3) is 0.133. The molecule has 2 aromatic carbocycles. The second-order valence-electron chi connectivity index (χ2n) is 4.83. The van der Waals surface area contributed by atoms with E-state index >= 15 is 0 Å². The van der Waals surface area contributed by atoms with Crippen molar-refractivity contribution in [3.8, 4) is 0 Å². The fourth-order valence-corrected chi connectivity index (χ4v) is 2.60. The minimum Gasteiger partial charge on any atom is -0.373 e. The highest BCUT2D eigenvalue weighted by Gasteiger charge is 2.17. The third-order valence-electron chi connectivity index (χ3n) is 3.19. The van der Waals surface area contributed by atoms with Gasteiger partial charge in [0.25, 0.3) is 0 Å². The molecular formula is C15H14FN3OS. The summed E-state index contributed by atoms with van der Waals surface area (Å²) >= 11 is 4.37. The summed E-state index contributed by atoms with van der Waals surface area (Å²) in [7, 11) is 0. The Labute approximate surface area is 127 Å². The highest BCUT2D eigenvalue weighted by atomic mass is 32.1. The maximum Gasteiger partial charge on any atom is 0.323 e. The van der Waals surface area contributed by atoms with Gasteiger partial charge in [0.1, 0.15) is 5.82 Å². The zero-order chi connectivity index (χ0) is 14.8. The van der Waals surface area contributed by atoms with Crippen LogP contribution in [0.4, 0.5) is 26.2 Å². The van der Waals surface area contributed by atoms with E-state index in [2.05, 4.69) is 28.6 Å². The van der Waals surface area contributed by atoms with Crippen LogP contribution >= 0.6 is 12.6 Å². The number of halogens is 1. The smallest absolute Gasteiger partial charge is 0.323 e. The van der Waals surface area contributed by atoms with Crippen molar-refractivity contribution < 1.29 is 9.18 Å². The van der Waals surface area contributed by atoms with Crippen molar-refractivity contribution in [1.82, 2.24) is 0 Å². The Morgan fingerprint density at radius 2 is 1.95 bits per heavy atom. The fourth-order valence-electron chi connectivity index (χ4n) is 2.27. The van der Waals surface area contributed by atoms with Gasteiger partial charge in [-0.25, -0.2) is 9.18 Å². The molecule has 0 saturated carbocycles. The van der Waals surface area contributed by atoms with E-state index in [4.69, 9.17) is 0 Å². The van der Waals surface area contributed by atoms with Gasteiger partial charge in [0.2, 0.25) is 0 Å². The van der Waals surface area contributed by atoms with Gasteiger partial charge in [-0.1, -0.05) is 12.1 Å². The van der Waals surface area contributed by atoms with Crippen LogP contribution in [0.3, 0.4) is 0 Å². The van der Waals surface area contributed by atoms with Gasteiger partial charge in [-0.3, -0.25) is 0 Å². The van der Waals surface area contributed by atoms with Crippen LogP contribution in [0.5, 0.6) is 0 Å². The molecule has 3 rings (SSSR count). The van der Waals surface area contributed by atoms with Crippen molar-refractivity contribution in [2.24, 2.45) is 0 Å². The van der Waals surface area contributed by atoms with Crippen LogP contribution in [0.25, 0.3) is 0 Å². The molecule has 0 saturated heterocycles. The van der Waals surface area contributed by atoms with Crippen LogP contribution in [0, 0.1) is 5.82 Å². The third kappa shape index (κ3) is 3.28. The maximum atomic E-state index is 13.0. The Morgan fingerprint density at radius 1 is 1.19 bits per heavy atom. The monoisotopic (exact) mass is 303 g/mol. The number of rotatable bonds is 2. The van der Waals surface area contributed by atoms with Crippen molar-refractivity contribution in [3.63, 3.8) is 0 Å². The molecule has 0 spiro atoms. The summed E-state index contributed by atoms with van der Waals surface area (Å²) < 4.78 is 13.0. The second-order valence-corrected chi connectivity index (χ2v) is 5.45. The average Bonchev–Trinajstić information content (AvgIpc) is 2.78. The van der Waals surface area contributed by atoms with Gasteiger partial charge in [-0.2, -0.15) is 12.6 Å². The van der Waals surface area contributed by atoms with Crippen LogP contribution in [0.1, 0.15) is 5.56 Å². The van der Waals surface area contributed by atoms with E-state index in [-0.39, 0.29) is 5.37 Å². The highest BCUT2D eigenvalue weighted by molar-refractivity contribution is 7.81. The summed E-state index contributed by atoms with van der Waals surface area (Å²) in [5.41, 5.74) is 3.21. The number of urea groups is 1. The lowest BCUT2D eigenvalue weighted by Crippen LogP contribution is -2.19. The molecule has 0 bridgehead atoms. The number of hydrogen-bond acceptors (Lipinski definition) is 3. The van der Waals surface area contributed by atoms with Crippen LogP contribution in [0.2, 0.25) is 0 Å². The van der Waals surface area contributed by atoms with Crippen LogP contribution in [-0.4, -0.2) is 11.4 Å². The molecule has 2 amide bonds. The molecule has 6 heteroatoms. The van der Waals surface area contributed by atoms with E-state index in [1.807, 2.05) is 18.2 Å². The molecule has 0 radical (unpaired) electrons. The molecule has 1 unspecified atom stereocenters. The van der Waals surface area contributed by atoms with Crippen LogP contribution in [-0.2, 0) is 6.42 Å². The van der Waals surface area contributed by atoms with E-state index in [9.17, 15) is 9.18 Å². The number of anilines is 3. The number of hydrogen-bond donors (Lipinski definition) is 4. The summed E-state index contributed by atoms with van der Waals surface area (Å²) in [5.74, 6) is -0.394. The molecule has 1 atom stereocenters. The van der Waals surface area contributed by atoms with E-state index in [1.165, 1.54) is 23.8 Å². The van der Waals surface area contributed by atoms with Gasteiger partial charge in [0, 0.05) is 23.5 Å². The van der Waals surface area contributed by atoms with E-state index in [1.54, 1.807) is 6.07 Å². The van der Waals surface area contributed by atoms with Gasteiger partial charge in [0.05, 0.1) is 5.37 Å². The molecule has 0 fully saturated rings. The second kappa shape index (κ2) is 5.65. The predicted octanol–water partition coefficient (Wildman–Crippen LogP) is 3.69. The van der Waals surface area contributed by atoms with Gasteiger partial charge in [0.15, 0.2) is 0 Å². The number of fused-ring (bicyclic) bond motifs is 1. The van der Waals surface area contributed by atoms with Crippen molar-refractivity contribution in [1.29, 1.82) is 0 Å². The van der Waals surface area contributed by atoms with Gasteiger partial charge in [-0.05, 0) is 35.9 Å². The first-order valence-corrected chi connectivity index (χ1v) is 7.03. The quantitative estimate of drug-likeness (QED) is 0.640. The maximum absolute atomic E-state index is 13.0. The molecule has 1 heterocycles. The predicted molar refractivity (Wildman–Crippen MR) is 85.6 cm³/mol. The van der Waals surface area contributed by atoms with Gasteiger partial charge >= 0.3 is 6.03 Å². The molecule has 4 nitrogen and oxygen atoms in total. The Kier molecular flexibility index (Phi) is 3.70. The molecule has 2 aromatic rings. The number of thiol groups is 1. The van der Waals surface area contributed by atoms with Gasteiger partial charge in [-0.15, -0.1) is 0 Å². The SMILES string of the molecule is O=C(Nc1cccc(F)c1)Nc1ccc2c(c1)NC(S)C2. The van der Waals surface area contributed by atoms with Crippen molar-refractivity contribution in [2.75, 3.05) is 16.0 Å². The van der Waals surface area contributed by atoms with Crippen molar-refractivity contribution in [2.45, 2.75) is 11.8 Å². The first kappa shape index (κ1) is 13.8. The number of benzene rings is 2. The Balaban J connectivity index is 1.67. The normalized spacial score (nSPS) is 16.0. The topological polar surface area (TPSA) is 53.2 Å². The van der Waals surface area contributed by atoms with Gasteiger partial charge < -0.3 is 16.0 Å². The Bertz CT molecular complexity index is 692. The molecule has 1 aliphatic rings. The van der Waals surface area contributed by atoms with Crippen molar-refractivity contribution >= 4 is 35.7 Å². The standard InChI is InChI=1S/C15H14FN3OS/c16-10-2-1-3-11(7-10)17-15(20)18-12-5-4-9-6-14(21)19-13(9)8-12/h1-5,7-8,14,19,21H,6H2,(H2,17,18,20). The highest BCUT2D eigenvalue weighted by Crippen LogP contribution is 2.29. The molecule has 21 heavy (non-hydrogen) atoms. The van der Waals surface area contributed by atoms with E-state index in [0.717, 1.165) is 12.1 Å².